The fourth-order valence-electron chi connectivity index (χ4n) is 2.02. The molecule has 0 aliphatic rings. The number of hydrogen-bond acceptors (Lipinski definition) is 4. The van der Waals surface area contributed by atoms with Crippen molar-refractivity contribution in [2.75, 3.05) is 7.05 Å². The fraction of sp³-hybridized carbons (Fsp3) is 0.231. The number of aryl methyl sites for hydroxylation is 1. The van der Waals surface area contributed by atoms with Crippen LogP contribution in [0.15, 0.2) is 24.8 Å². The summed E-state index contributed by atoms with van der Waals surface area (Å²) in [5, 5.41) is 7.28. The number of hydrogen-bond donors (Lipinski definition) is 1. The van der Waals surface area contributed by atoms with Crippen LogP contribution in [0, 0.1) is 6.92 Å². The lowest BCUT2D eigenvalue weighted by atomic mass is 10.2. The Hall–Kier alpha value is -2.41. The Labute approximate surface area is 125 Å². The molecular weight excluding hydrogens is 292 g/mol. The van der Waals surface area contributed by atoms with Gasteiger partial charge < -0.3 is 4.90 Å². The lowest BCUT2D eigenvalue weighted by Gasteiger charge is -2.15. The van der Waals surface area contributed by atoms with E-state index in [1.165, 1.54) is 6.20 Å². The molecule has 1 amide bonds. The average Bonchev–Trinajstić information content (AvgIpc) is 3.04. The predicted molar refractivity (Wildman–Crippen MR) is 77.1 cm³/mol. The molecule has 0 saturated heterocycles. The second kappa shape index (κ2) is 5.17. The second-order valence-corrected chi connectivity index (χ2v) is 5.22. The Morgan fingerprint density at radius 2 is 2.24 bits per heavy atom. The summed E-state index contributed by atoms with van der Waals surface area (Å²) < 4.78 is 1.63. The number of imidazole rings is 1. The van der Waals surface area contributed by atoms with Crippen molar-refractivity contribution in [2.24, 2.45) is 0 Å². The number of halogens is 1. The highest BCUT2D eigenvalue weighted by Gasteiger charge is 2.17. The molecule has 3 rings (SSSR count). The number of fused-ring (bicyclic) bond motifs is 1. The van der Waals surface area contributed by atoms with Gasteiger partial charge in [0.2, 0.25) is 5.78 Å². The van der Waals surface area contributed by atoms with Gasteiger partial charge in [-0.05, 0) is 6.92 Å². The van der Waals surface area contributed by atoms with Crippen LogP contribution >= 0.6 is 11.6 Å². The molecule has 0 aliphatic carbocycles. The maximum Gasteiger partial charge on any atom is 0.274 e. The first-order valence-corrected chi connectivity index (χ1v) is 6.67. The van der Waals surface area contributed by atoms with E-state index in [9.17, 15) is 4.79 Å². The van der Waals surface area contributed by atoms with Gasteiger partial charge in [0.15, 0.2) is 0 Å². The second-order valence-electron chi connectivity index (χ2n) is 4.79. The molecule has 0 radical (unpaired) electrons. The molecule has 21 heavy (non-hydrogen) atoms. The number of aromatic amines is 1. The van der Waals surface area contributed by atoms with E-state index in [0.29, 0.717) is 23.0 Å². The third-order valence-electron chi connectivity index (χ3n) is 3.19. The van der Waals surface area contributed by atoms with Gasteiger partial charge in [0, 0.05) is 37.2 Å². The molecule has 8 heteroatoms. The number of carbonyl (C=O) groups is 1. The number of aromatic nitrogens is 5. The molecule has 108 valence electrons. The van der Waals surface area contributed by atoms with Crippen LogP contribution in [0.2, 0.25) is 5.02 Å². The minimum Gasteiger partial charge on any atom is -0.336 e. The van der Waals surface area contributed by atoms with Crippen LogP contribution in [0.4, 0.5) is 0 Å². The summed E-state index contributed by atoms with van der Waals surface area (Å²) in [6.45, 7) is 2.38. The molecule has 1 N–H and O–H groups in total. The molecule has 7 nitrogen and oxygen atoms in total. The Balaban J connectivity index is 1.84. The van der Waals surface area contributed by atoms with E-state index in [2.05, 4.69) is 20.2 Å². The maximum atomic E-state index is 12.4. The fourth-order valence-corrected chi connectivity index (χ4v) is 2.17. The molecular formula is C13H13ClN6O. The molecule has 3 aromatic rings. The molecule has 3 heterocycles. The molecule has 0 atom stereocenters. The van der Waals surface area contributed by atoms with Crippen molar-refractivity contribution in [3.8, 4) is 0 Å². The first-order valence-electron chi connectivity index (χ1n) is 6.29. The smallest absolute Gasteiger partial charge is 0.274 e. The highest BCUT2D eigenvalue weighted by molar-refractivity contribution is 6.30. The zero-order valence-electron chi connectivity index (χ0n) is 11.5. The standard InChI is InChI=1S/C13H13ClN6O/c1-8-9(3-16-18-8)5-19(2)12(21)11-7-20-6-10(14)4-15-13(20)17-11/h3-4,6-7H,5H2,1-2H3,(H,16,18). The molecule has 0 aromatic carbocycles. The van der Waals surface area contributed by atoms with E-state index in [1.54, 1.807) is 34.9 Å². The molecule has 3 aromatic heterocycles. The van der Waals surface area contributed by atoms with Gasteiger partial charge >= 0.3 is 0 Å². The van der Waals surface area contributed by atoms with E-state index in [0.717, 1.165) is 11.3 Å². The summed E-state index contributed by atoms with van der Waals surface area (Å²) in [6, 6.07) is 0. The highest BCUT2D eigenvalue weighted by Crippen LogP contribution is 2.12. The van der Waals surface area contributed by atoms with Crippen LogP contribution in [0.25, 0.3) is 5.78 Å². The monoisotopic (exact) mass is 304 g/mol. The van der Waals surface area contributed by atoms with Gasteiger partial charge in [-0.25, -0.2) is 9.97 Å². The van der Waals surface area contributed by atoms with Crippen molar-refractivity contribution in [1.29, 1.82) is 0 Å². The van der Waals surface area contributed by atoms with Crippen LogP contribution in [0.1, 0.15) is 21.7 Å². The number of amides is 1. The molecule has 0 fully saturated rings. The molecule has 0 unspecified atom stereocenters. The summed E-state index contributed by atoms with van der Waals surface area (Å²) in [7, 11) is 1.72. The largest absolute Gasteiger partial charge is 0.336 e. The van der Waals surface area contributed by atoms with E-state index < -0.39 is 0 Å². The first kappa shape index (κ1) is 13.6. The van der Waals surface area contributed by atoms with Gasteiger partial charge in [-0.2, -0.15) is 5.10 Å². The zero-order valence-corrected chi connectivity index (χ0v) is 12.3. The van der Waals surface area contributed by atoms with Crippen molar-refractivity contribution in [3.63, 3.8) is 0 Å². The molecule has 0 aliphatic heterocycles. The normalized spacial score (nSPS) is 11.0. The van der Waals surface area contributed by atoms with Crippen LogP contribution in [0.5, 0.6) is 0 Å². The van der Waals surface area contributed by atoms with Crippen molar-refractivity contribution in [2.45, 2.75) is 13.5 Å². The van der Waals surface area contributed by atoms with Crippen LogP contribution in [0.3, 0.4) is 0 Å². The Kier molecular flexibility index (Phi) is 3.34. The minimum atomic E-state index is -0.183. The third-order valence-corrected chi connectivity index (χ3v) is 3.38. The summed E-state index contributed by atoms with van der Waals surface area (Å²) >= 11 is 5.87. The highest BCUT2D eigenvalue weighted by atomic mass is 35.5. The van der Waals surface area contributed by atoms with Gasteiger partial charge in [0.25, 0.3) is 5.91 Å². The van der Waals surface area contributed by atoms with Crippen LogP contribution in [-0.2, 0) is 6.54 Å². The van der Waals surface area contributed by atoms with Crippen molar-refractivity contribution in [3.05, 3.63) is 46.8 Å². The maximum absolute atomic E-state index is 12.4. The quantitative estimate of drug-likeness (QED) is 0.798. The van der Waals surface area contributed by atoms with Crippen molar-refractivity contribution < 1.29 is 4.79 Å². The topological polar surface area (TPSA) is 79.2 Å². The van der Waals surface area contributed by atoms with Crippen LogP contribution < -0.4 is 0 Å². The van der Waals surface area contributed by atoms with E-state index in [-0.39, 0.29) is 5.91 Å². The third kappa shape index (κ3) is 2.59. The first-order chi connectivity index (χ1) is 10.0. The minimum absolute atomic E-state index is 0.183. The van der Waals surface area contributed by atoms with E-state index >= 15 is 0 Å². The van der Waals surface area contributed by atoms with Crippen molar-refractivity contribution >= 4 is 23.3 Å². The summed E-state index contributed by atoms with van der Waals surface area (Å²) in [4.78, 5) is 22.3. The summed E-state index contributed by atoms with van der Waals surface area (Å²) in [5.74, 6) is 0.257. The Bertz CT molecular complexity index is 808. The number of H-pyrrole nitrogens is 1. The predicted octanol–water partition coefficient (Wildman–Crippen LogP) is 1.69. The van der Waals surface area contributed by atoms with Crippen LogP contribution in [-0.4, -0.2) is 42.4 Å². The number of rotatable bonds is 3. The molecule has 0 saturated carbocycles. The van der Waals surface area contributed by atoms with Gasteiger partial charge in [-0.15, -0.1) is 0 Å². The molecule has 0 bridgehead atoms. The van der Waals surface area contributed by atoms with E-state index in [1.807, 2.05) is 6.92 Å². The summed E-state index contributed by atoms with van der Waals surface area (Å²) in [6.07, 6.45) is 6.49. The van der Waals surface area contributed by atoms with E-state index in [4.69, 9.17) is 11.6 Å². The Morgan fingerprint density at radius 3 is 2.95 bits per heavy atom. The average molecular weight is 305 g/mol. The SMILES string of the molecule is Cc1[nH]ncc1CN(C)C(=O)c1cn2cc(Cl)cnc2n1. The number of nitrogens with one attached hydrogen (secondary N) is 1. The summed E-state index contributed by atoms with van der Waals surface area (Å²) in [5.41, 5.74) is 2.24. The van der Waals surface area contributed by atoms with Crippen molar-refractivity contribution in [1.82, 2.24) is 29.5 Å². The molecule has 0 spiro atoms. The van der Waals surface area contributed by atoms with Gasteiger partial charge in [-0.1, -0.05) is 11.6 Å². The lowest BCUT2D eigenvalue weighted by Crippen LogP contribution is -2.26. The Morgan fingerprint density at radius 1 is 1.43 bits per heavy atom. The zero-order chi connectivity index (χ0) is 15.0. The van der Waals surface area contributed by atoms with Gasteiger partial charge in [0.1, 0.15) is 5.69 Å². The van der Waals surface area contributed by atoms with Gasteiger partial charge in [0.05, 0.1) is 17.4 Å². The van der Waals surface area contributed by atoms with Gasteiger partial charge in [-0.3, -0.25) is 14.3 Å². The number of carbonyl (C=O) groups excluding carboxylic acids is 1. The lowest BCUT2D eigenvalue weighted by molar-refractivity contribution is 0.0780. The number of nitrogens with zero attached hydrogens (tertiary/aromatic N) is 5.